The molecule has 1 heterocycles. The summed E-state index contributed by atoms with van der Waals surface area (Å²) in [6.07, 6.45) is 1.46. The van der Waals surface area contributed by atoms with Gasteiger partial charge >= 0.3 is 5.69 Å². The van der Waals surface area contributed by atoms with E-state index < -0.39 is 16.4 Å². The van der Waals surface area contributed by atoms with Gasteiger partial charge in [0.1, 0.15) is 11.9 Å². The molecular formula is C19H16N4O4. The molecule has 0 amide bonds. The third-order valence-corrected chi connectivity index (χ3v) is 3.90. The van der Waals surface area contributed by atoms with Crippen molar-refractivity contribution in [3.63, 3.8) is 0 Å². The second-order valence-corrected chi connectivity index (χ2v) is 5.85. The Morgan fingerprint density at radius 1 is 1.44 bits per heavy atom. The molecule has 0 spiro atoms. The van der Waals surface area contributed by atoms with E-state index >= 15 is 0 Å². The summed E-state index contributed by atoms with van der Waals surface area (Å²) in [5.41, 5.74) is 2.60. The van der Waals surface area contributed by atoms with Crippen LogP contribution < -0.4 is 4.74 Å². The van der Waals surface area contributed by atoms with Crippen LogP contribution in [0.25, 0.3) is 22.7 Å². The normalized spacial score (nSPS) is 11.4. The Kier molecular flexibility index (Phi) is 4.77. The first-order valence-corrected chi connectivity index (χ1v) is 8.15. The summed E-state index contributed by atoms with van der Waals surface area (Å²) in [4.78, 5) is 18.0. The van der Waals surface area contributed by atoms with Crippen molar-refractivity contribution in [2.24, 2.45) is 0 Å². The van der Waals surface area contributed by atoms with Crippen LogP contribution in [0.5, 0.6) is 11.5 Å². The number of aromatic nitrogens is 2. The summed E-state index contributed by atoms with van der Waals surface area (Å²) in [7, 11) is 0. The quantitative estimate of drug-likeness (QED) is 0.401. The molecule has 0 fully saturated rings. The highest BCUT2D eigenvalue weighted by molar-refractivity contribution is 5.91. The number of phenolic OH excluding ortho intramolecular Hbond substituents is 1. The van der Waals surface area contributed by atoms with Gasteiger partial charge in [0.05, 0.1) is 28.1 Å². The van der Waals surface area contributed by atoms with E-state index in [1.54, 1.807) is 6.92 Å². The van der Waals surface area contributed by atoms with Crippen molar-refractivity contribution in [1.29, 1.82) is 5.26 Å². The van der Waals surface area contributed by atoms with Gasteiger partial charge in [0, 0.05) is 6.07 Å². The maximum absolute atomic E-state index is 11.2. The summed E-state index contributed by atoms with van der Waals surface area (Å²) in [6.45, 7) is 3.88. The number of nitrogens with zero attached hydrogens (tertiary/aromatic N) is 3. The van der Waals surface area contributed by atoms with Gasteiger partial charge in [-0.2, -0.15) is 5.26 Å². The highest BCUT2D eigenvalue weighted by Gasteiger charge is 2.20. The fraction of sp³-hybridized carbons (Fsp3) is 0.158. The molecule has 0 saturated carbocycles. The molecule has 0 atom stereocenters. The number of allylic oxidation sites excluding steroid dienone is 1. The Morgan fingerprint density at radius 2 is 2.22 bits per heavy atom. The van der Waals surface area contributed by atoms with Crippen molar-refractivity contribution in [1.82, 2.24) is 9.97 Å². The second kappa shape index (κ2) is 7.17. The number of H-pyrrole nitrogens is 1. The molecule has 2 N–H and O–H groups in total. The lowest BCUT2D eigenvalue weighted by molar-refractivity contribution is -0.386. The van der Waals surface area contributed by atoms with Crippen LogP contribution in [0.2, 0.25) is 0 Å². The van der Waals surface area contributed by atoms with E-state index in [1.807, 2.05) is 25.1 Å². The minimum atomic E-state index is -0.703. The molecule has 0 aliphatic rings. The number of aryl methyl sites for hydroxylation is 1. The number of fused-ring (bicyclic) bond motifs is 1. The SMILES string of the molecule is CCOc1cc(/C=C(/C#N)c2nc3ccc(C)cc3[nH]2)cc([N+](=O)[O-])c1O. The minimum absolute atomic E-state index is 0.0181. The van der Waals surface area contributed by atoms with Crippen LogP contribution in [0.4, 0.5) is 5.69 Å². The lowest BCUT2D eigenvalue weighted by Gasteiger charge is -2.07. The molecule has 0 aliphatic heterocycles. The number of aromatic hydroxyl groups is 1. The molecule has 0 saturated heterocycles. The molecule has 3 rings (SSSR count). The van der Waals surface area contributed by atoms with Gasteiger partial charge in [0.15, 0.2) is 5.75 Å². The maximum atomic E-state index is 11.2. The van der Waals surface area contributed by atoms with Gasteiger partial charge in [0.2, 0.25) is 5.75 Å². The van der Waals surface area contributed by atoms with Gasteiger partial charge in [-0.05, 0) is 49.2 Å². The molecule has 0 unspecified atom stereocenters. The lowest BCUT2D eigenvalue weighted by Crippen LogP contribution is -1.96. The number of nitro benzene ring substituents is 1. The third kappa shape index (κ3) is 3.57. The molecule has 0 bridgehead atoms. The minimum Gasteiger partial charge on any atom is -0.500 e. The van der Waals surface area contributed by atoms with Crippen LogP contribution in [0.3, 0.4) is 0 Å². The molecular weight excluding hydrogens is 348 g/mol. The van der Waals surface area contributed by atoms with Gasteiger partial charge in [0.25, 0.3) is 0 Å². The van der Waals surface area contributed by atoms with Crippen LogP contribution in [0, 0.1) is 28.4 Å². The molecule has 0 radical (unpaired) electrons. The van der Waals surface area contributed by atoms with E-state index in [2.05, 4.69) is 16.0 Å². The number of ether oxygens (including phenoxy) is 1. The standard InChI is InChI=1S/C19H16N4O4/c1-3-27-17-9-12(8-16(18(17)24)23(25)26)7-13(10-20)19-21-14-5-4-11(2)6-15(14)22-19/h4-9,24H,3H2,1-2H3,(H,21,22)/b13-7-. The molecule has 0 aliphatic carbocycles. The zero-order valence-electron chi connectivity index (χ0n) is 14.7. The highest BCUT2D eigenvalue weighted by atomic mass is 16.6. The third-order valence-electron chi connectivity index (χ3n) is 3.90. The largest absolute Gasteiger partial charge is 0.500 e. The summed E-state index contributed by atoms with van der Waals surface area (Å²) in [5, 5.41) is 30.7. The molecule has 8 nitrogen and oxygen atoms in total. The van der Waals surface area contributed by atoms with E-state index in [4.69, 9.17) is 4.74 Å². The number of aromatic amines is 1. The average Bonchev–Trinajstić information content (AvgIpc) is 3.04. The number of imidazole rings is 1. The first-order valence-electron chi connectivity index (χ1n) is 8.15. The number of phenols is 1. The van der Waals surface area contributed by atoms with Gasteiger partial charge in [-0.3, -0.25) is 10.1 Å². The van der Waals surface area contributed by atoms with Crippen molar-refractivity contribution in [2.75, 3.05) is 6.61 Å². The number of hydrogen-bond acceptors (Lipinski definition) is 6. The van der Waals surface area contributed by atoms with Gasteiger partial charge < -0.3 is 14.8 Å². The Hall–Kier alpha value is -3.86. The fourth-order valence-electron chi connectivity index (χ4n) is 2.67. The topological polar surface area (TPSA) is 125 Å². The van der Waals surface area contributed by atoms with E-state index in [9.17, 15) is 20.5 Å². The highest BCUT2D eigenvalue weighted by Crippen LogP contribution is 2.38. The smallest absolute Gasteiger partial charge is 0.315 e. The lowest BCUT2D eigenvalue weighted by atomic mass is 10.1. The van der Waals surface area contributed by atoms with E-state index in [0.29, 0.717) is 16.9 Å². The van der Waals surface area contributed by atoms with Crippen molar-refractivity contribution in [3.05, 3.63) is 57.4 Å². The molecule has 27 heavy (non-hydrogen) atoms. The number of nitrogens with one attached hydrogen (secondary N) is 1. The number of benzene rings is 2. The Morgan fingerprint density at radius 3 is 2.89 bits per heavy atom. The predicted molar refractivity (Wildman–Crippen MR) is 100 cm³/mol. The molecule has 3 aromatic rings. The van der Waals surface area contributed by atoms with E-state index in [1.165, 1.54) is 18.2 Å². The summed E-state index contributed by atoms with van der Waals surface area (Å²) in [6, 6.07) is 10.4. The van der Waals surface area contributed by atoms with Gasteiger partial charge in [-0.25, -0.2) is 4.98 Å². The molecule has 1 aromatic heterocycles. The van der Waals surface area contributed by atoms with Gasteiger partial charge in [-0.15, -0.1) is 0 Å². The fourth-order valence-corrected chi connectivity index (χ4v) is 2.67. The van der Waals surface area contributed by atoms with Crippen LogP contribution in [0.1, 0.15) is 23.9 Å². The summed E-state index contributed by atoms with van der Waals surface area (Å²) >= 11 is 0. The van der Waals surface area contributed by atoms with Crippen LogP contribution >= 0.6 is 0 Å². The van der Waals surface area contributed by atoms with Crippen LogP contribution in [-0.4, -0.2) is 26.6 Å². The molecule has 136 valence electrons. The zero-order valence-corrected chi connectivity index (χ0v) is 14.7. The Balaban J connectivity index is 2.11. The number of rotatable bonds is 5. The second-order valence-electron chi connectivity index (χ2n) is 5.85. The zero-order chi connectivity index (χ0) is 19.6. The molecule has 2 aromatic carbocycles. The van der Waals surface area contributed by atoms with Gasteiger partial charge in [-0.1, -0.05) is 6.07 Å². The van der Waals surface area contributed by atoms with E-state index in [-0.39, 0.29) is 17.9 Å². The number of nitro groups is 1. The van der Waals surface area contributed by atoms with Crippen molar-refractivity contribution < 1.29 is 14.8 Å². The van der Waals surface area contributed by atoms with Crippen LogP contribution in [0.15, 0.2) is 30.3 Å². The first-order chi connectivity index (χ1) is 12.9. The van der Waals surface area contributed by atoms with Crippen molar-refractivity contribution >= 4 is 28.4 Å². The van der Waals surface area contributed by atoms with Crippen molar-refractivity contribution in [3.8, 4) is 17.6 Å². The monoisotopic (exact) mass is 364 g/mol. The Bertz CT molecular complexity index is 1110. The van der Waals surface area contributed by atoms with Crippen molar-refractivity contribution in [2.45, 2.75) is 13.8 Å². The number of hydrogen-bond donors (Lipinski definition) is 2. The maximum Gasteiger partial charge on any atom is 0.315 e. The predicted octanol–water partition coefficient (Wildman–Crippen LogP) is 3.95. The molecule has 8 heteroatoms. The van der Waals surface area contributed by atoms with E-state index in [0.717, 1.165) is 11.1 Å². The summed E-state index contributed by atoms with van der Waals surface area (Å²) < 4.78 is 5.26. The summed E-state index contributed by atoms with van der Waals surface area (Å²) in [5.74, 6) is -0.209. The first kappa shape index (κ1) is 17.9. The van der Waals surface area contributed by atoms with Crippen LogP contribution in [-0.2, 0) is 0 Å². The number of nitriles is 1. The Labute approximate surface area is 154 Å². The average molecular weight is 364 g/mol.